The summed E-state index contributed by atoms with van der Waals surface area (Å²) >= 11 is 0. The first kappa shape index (κ1) is 44.7. The normalized spacial score (nSPS) is 52.6. The molecule has 56 heavy (non-hydrogen) atoms. The summed E-state index contributed by atoms with van der Waals surface area (Å²) in [7, 11) is 0. The minimum absolute atomic E-state index is 0.0431. The van der Waals surface area contributed by atoms with Gasteiger partial charge in [0.2, 0.25) is 0 Å². The zero-order valence-corrected chi connectivity index (χ0v) is 34.6. The van der Waals surface area contributed by atoms with Crippen molar-refractivity contribution in [2.45, 2.75) is 192 Å². The van der Waals surface area contributed by atoms with Gasteiger partial charge in [-0.2, -0.15) is 0 Å². The number of aliphatic hydroxyl groups is 10. The van der Waals surface area contributed by atoms with Gasteiger partial charge in [0.25, 0.3) is 0 Å². The molecule has 0 aromatic carbocycles. The van der Waals surface area contributed by atoms with Crippen molar-refractivity contribution in [3.8, 4) is 0 Å². The third kappa shape index (κ3) is 7.16. The standard InChI is InChI=1S/C42H72O14/c1-20(2)10-9-13-42(8,52)21-11-15-40(6)28(21)22(45)16-26-39(5)14-12-27(46)38(3,4)35(39)23(17-41(26,40)7)53-36-33(51)31(49)34(25(19-44)55-36)56-37-32(50)30(48)29(47)24(18-43)54-37/h10,21-37,43-52H,9,11-19H2,1-8H3/t21-,22+,23-,24+,25+,26+,27-,28-,29+,30-,31+,32+,33+,34+,35-,36+,37+,39+,40+,41+,42-/m0/s1. The minimum atomic E-state index is -1.78. The van der Waals surface area contributed by atoms with Crippen LogP contribution >= 0.6 is 0 Å². The molecule has 10 N–H and O–H groups in total. The molecular weight excluding hydrogens is 728 g/mol. The van der Waals surface area contributed by atoms with Gasteiger partial charge in [0.05, 0.1) is 37.1 Å². The Bertz CT molecular complexity index is 1400. The van der Waals surface area contributed by atoms with Crippen molar-refractivity contribution in [2.24, 2.45) is 45.3 Å². The third-order valence-electron chi connectivity index (χ3n) is 16.5. The van der Waals surface area contributed by atoms with E-state index in [2.05, 4.69) is 26.8 Å². The van der Waals surface area contributed by atoms with Gasteiger partial charge in [0.1, 0.15) is 48.8 Å². The van der Waals surface area contributed by atoms with Crippen LogP contribution in [0.4, 0.5) is 0 Å². The molecule has 0 bridgehead atoms. The summed E-state index contributed by atoms with van der Waals surface area (Å²) in [5.41, 5.74) is -1.70. The summed E-state index contributed by atoms with van der Waals surface area (Å²) in [6.07, 6.45) is -10.2. The van der Waals surface area contributed by atoms with Crippen LogP contribution in [-0.2, 0) is 18.9 Å². The van der Waals surface area contributed by atoms with Gasteiger partial charge in [-0.05, 0) is 117 Å². The van der Waals surface area contributed by atoms with Crippen LogP contribution in [-0.4, -0.2) is 150 Å². The molecule has 0 aromatic heterocycles. The second kappa shape index (κ2) is 15.9. The summed E-state index contributed by atoms with van der Waals surface area (Å²) in [5, 5.41) is 110. The van der Waals surface area contributed by atoms with Crippen LogP contribution in [0.2, 0.25) is 0 Å². The van der Waals surface area contributed by atoms with Crippen LogP contribution in [0.5, 0.6) is 0 Å². The van der Waals surface area contributed by atoms with Gasteiger partial charge in [-0.15, -0.1) is 0 Å². The van der Waals surface area contributed by atoms with Crippen molar-refractivity contribution in [2.75, 3.05) is 13.2 Å². The van der Waals surface area contributed by atoms with E-state index in [0.29, 0.717) is 32.1 Å². The highest BCUT2D eigenvalue weighted by atomic mass is 16.7. The van der Waals surface area contributed by atoms with Crippen molar-refractivity contribution in [1.29, 1.82) is 0 Å². The molecule has 324 valence electrons. The fraction of sp³-hybridized carbons (Fsp3) is 0.952. The van der Waals surface area contributed by atoms with Gasteiger partial charge in [0.15, 0.2) is 12.6 Å². The second-order valence-corrected chi connectivity index (χ2v) is 20.3. The van der Waals surface area contributed by atoms with Crippen LogP contribution in [0.1, 0.15) is 107 Å². The smallest absolute Gasteiger partial charge is 0.187 e. The van der Waals surface area contributed by atoms with Crippen molar-refractivity contribution in [3.63, 3.8) is 0 Å². The molecule has 6 fully saturated rings. The lowest BCUT2D eigenvalue weighted by Crippen LogP contribution is -2.71. The molecule has 6 rings (SSSR count). The Kier molecular flexibility index (Phi) is 12.7. The highest BCUT2D eigenvalue weighted by Crippen LogP contribution is 2.76. The molecule has 2 aliphatic heterocycles. The quantitative estimate of drug-likeness (QED) is 0.110. The Morgan fingerprint density at radius 2 is 1.38 bits per heavy atom. The monoisotopic (exact) mass is 800 g/mol. The van der Waals surface area contributed by atoms with Gasteiger partial charge in [-0.25, -0.2) is 0 Å². The van der Waals surface area contributed by atoms with E-state index in [0.717, 1.165) is 19.3 Å². The van der Waals surface area contributed by atoms with Gasteiger partial charge < -0.3 is 70.0 Å². The van der Waals surface area contributed by atoms with Gasteiger partial charge in [-0.3, -0.25) is 0 Å². The van der Waals surface area contributed by atoms with Crippen LogP contribution in [0, 0.1) is 45.3 Å². The fourth-order valence-corrected chi connectivity index (χ4v) is 13.4. The average molecular weight is 801 g/mol. The highest BCUT2D eigenvalue weighted by molar-refractivity contribution is 5.22. The van der Waals surface area contributed by atoms with E-state index in [-0.39, 0.29) is 23.7 Å². The fourth-order valence-electron chi connectivity index (χ4n) is 13.4. The molecule has 0 radical (unpaired) electrons. The molecule has 0 aromatic rings. The maximum absolute atomic E-state index is 12.2. The molecule has 6 aliphatic rings. The molecule has 0 spiro atoms. The predicted molar refractivity (Wildman–Crippen MR) is 202 cm³/mol. The van der Waals surface area contributed by atoms with E-state index in [1.54, 1.807) is 0 Å². The minimum Gasteiger partial charge on any atom is -0.394 e. The lowest BCUT2D eigenvalue weighted by Gasteiger charge is -2.72. The Balaban J connectivity index is 1.30. The Morgan fingerprint density at radius 1 is 0.768 bits per heavy atom. The number of ether oxygens (including phenoxy) is 4. The maximum Gasteiger partial charge on any atom is 0.187 e. The molecule has 14 nitrogen and oxygen atoms in total. The van der Waals surface area contributed by atoms with Crippen LogP contribution in [0.25, 0.3) is 0 Å². The number of rotatable bonds is 10. The molecule has 21 atom stereocenters. The summed E-state index contributed by atoms with van der Waals surface area (Å²) < 4.78 is 24.4. The molecular formula is C42H72O14. The zero-order chi connectivity index (χ0) is 41.5. The van der Waals surface area contributed by atoms with Gasteiger partial charge in [0, 0.05) is 0 Å². The first-order valence-electron chi connectivity index (χ1n) is 21.0. The number of allylic oxidation sites excluding steroid dienone is 2. The van der Waals surface area contributed by atoms with Crippen LogP contribution < -0.4 is 0 Å². The molecule has 2 heterocycles. The van der Waals surface area contributed by atoms with Gasteiger partial charge >= 0.3 is 0 Å². The second-order valence-electron chi connectivity index (χ2n) is 20.3. The number of hydrogen-bond acceptors (Lipinski definition) is 14. The van der Waals surface area contributed by atoms with Crippen LogP contribution in [0.3, 0.4) is 0 Å². The lowest BCUT2D eigenvalue weighted by atomic mass is 9.34. The predicted octanol–water partition coefficient (Wildman–Crippen LogP) is 1.12. The number of aliphatic hydroxyl groups excluding tert-OH is 9. The molecule has 0 unspecified atom stereocenters. The molecule has 4 saturated carbocycles. The number of hydrogen-bond donors (Lipinski definition) is 10. The first-order chi connectivity index (χ1) is 26.0. The van der Waals surface area contributed by atoms with E-state index < -0.39 is 120 Å². The van der Waals surface area contributed by atoms with Gasteiger partial charge in [-0.1, -0.05) is 46.3 Å². The van der Waals surface area contributed by atoms with E-state index in [1.807, 2.05) is 34.6 Å². The summed E-state index contributed by atoms with van der Waals surface area (Å²) in [5.74, 6) is -0.519. The molecule has 0 amide bonds. The van der Waals surface area contributed by atoms with Crippen LogP contribution in [0.15, 0.2) is 11.6 Å². The third-order valence-corrected chi connectivity index (χ3v) is 16.5. The maximum atomic E-state index is 12.2. The Hall–Kier alpha value is -0.820. The molecule has 4 aliphatic carbocycles. The topological polar surface area (TPSA) is 239 Å². The lowest BCUT2D eigenvalue weighted by molar-refractivity contribution is -0.374. The Labute approximate surface area is 331 Å². The summed E-state index contributed by atoms with van der Waals surface area (Å²) in [6.45, 7) is 15.5. The number of fused-ring (bicyclic) bond motifs is 5. The van der Waals surface area contributed by atoms with Crippen molar-refractivity contribution in [1.82, 2.24) is 0 Å². The zero-order valence-electron chi connectivity index (χ0n) is 34.6. The average Bonchev–Trinajstić information content (AvgIpc) is 3.51. The van der Waals surface area contributed by atoms with Crippen molar-refractivity contribution < 1.29 is 70.0 Å². The van der Waals surface area contributed by atoms with E-state index in [4.69, 9.17) is 18.9 Å². The highest BCUT2D eigenvalue weighted by Gasteiger charge is 2.73. The molecule has 14 heteroatoms. The van der Waals surface area contributed by atoms with Crippen molar-refractivity contribution >= 4 is 0 Å². The summed E-state index contributed by atoms with van der Waals surface area (Å²) in [6, 6.07) is 0. The van der Waals surface area contributed by atoms with E-state index in [9.17, 15) is 51.1 Å². The van der Waals surface area contributed by atoms with Crippen molar-refractivity contribution in [3.05, 3.63) is 11.6 Å². The summed E-state index contributed by atoms with van der Waals surface area (Å²) in [4.78, 5) is 0. The first-order valence-corrected chi connectivity index (χ1v) is 21.0. The largest absolute Gasteiger partial charge is 0.394 e. The molecule has 2 saturated heterocycles. The van der Waals surface area contributed by atoms with E-state index >= 15 is 0 Å². The SMILES string of the molecule is CC(C)=CCC[C@](C)(O)[C@H]1CC[C@]2(C)[C@@H]1[C@H](O)C[C@@H]1[C@@]3(C)CC[C@H](O)C(C)(C)[C@@H]3[C@@H](O[C@@H]3O[C@H](CO)[C@@H](O[C@H]4O[C@H](CO)[C@@H](O)[C@H](O)[C@H]4O)[C@H](O)[C@H]3O)C[C@]12C. The van der Waals surface area contributed by atoms with E-state index in [1.165, 1.54) is 5.57 Å². The Morgan fingerprint density at radius 3 is 2.00 bits per heavy atom.